The van der Waals surface area contributed by atoms with E-state index >= 15 is 0 Å². The molecular formula is C15H10F3N3. The molecule has 3 rings (SSSR count). The molecule has 0 bridgehead atoms. The summed E-state index contributed by atoms with van der Waals surface area (Å²) in [7, 11) is 0. The van der Waals surface area contributed by atoms with Crippen LogP contribution in [0.2, 0.25) is 0 Å². The molecule has 0 saturated heterocycles. The van der Waals surface area contributed by atoms with E-state index in [2.05, 4.69) is 10.3 Å². The van der Waals surface area contributed by atoms with Crippen LogP contribution in [0.25, 0.3) is 16.9 Å². The Morgan fingerprint density at radius 2 is 1.52 bits per heavy atom. The largest absolute Gasteiger partial charge is 0.217 e. The molecule has 3 aromatic rings. The first kappa shape index (κ1) is 13.4. The number of benzene rings is 2. The van der Waals surface area contributed by atoms with Crippen LogP contribution in [0.3, 0.4) is 0 Å². The van der Waals surface area contributed by atoms with Gasteiger partial charge in [0.15, 0.2) is 0 Å². The molecule has 1 heterocycles. The minimum atomic E-state index is -0.743. The topological polar surface area (TPSA) is 30.7 Å². The fourth-order valence-electron chi connectivity index (χ4n) is 2.14. The van der Waals surface area contributed by atoms with E-state index in [0.717, 1.165) is 12.1 Å². The molecule has 0 N–H and O–H groups in total. The maximum absolute atomic E-state index is 13.9. The molecule has 2 aromatic carbocycles. The van der Waals surface area contributed by atoms with Crippen LogP contribution in [0.5, 0.6) is 0 Å². The van der Waals surface area contributed by atoms with E-state index in [0.29, 0.717) is 5.56 Å². The van der Waals surface area contributed by atoms with Gasteiger partial charge in [0.1, 0.15) is 28.8 Å². The van der Waals surface area contributed by atoms with Gasteiger partial charge >= 0.3 is 0 Å². The van der Waals surface area contributed by atoms with Crippen molar-refractivity contribution >= 4 is 0 Å². The average Bonchev–Trinajstić information content (AvgIpc) is 2.87. The van der Waals surface area contributed by atoms with Crippen molar-refractivity contribution in [2.75, 3.05) is 0 Å². The summed E-state index contributed by atoms with van der Waals surface area (Å²) >= 11 is 0. The Hall–Kier alpha value is -2.63. The lowest BCUT2D eigenvalue weighted by Crippen LogP contribution is -2.01. The minimum absolute atomic E-state index is 0.00764. The molecular weight excluding hydrogens is 279 g/mol. The lowest BCUT2D eigenvalue weighted by atomic mass is 10.1. The highest BCUT2D eigenvalue weighted by atomic mass is 19.1. The number of halogens is 3. The Kier molecular flexibility index (Phi) is 3.21. The van der Waals surface area contributed by atoms with Gasteiger partial charge in [0.2, 0.25) is 0 Å². The van der Waals surface area contributed by atoms with Crippen molar-refractivity contribution in [3.8, 4) is 16.9 Å². The van der Waals surface area contributed by atoms with Crippen molar-refractivity contribution < 1.29 is 13.2 Å². The van der Waals surface area contributed by atoms with Gasteiger partial charge in [-0.25, -0.2) is 17.9 Å². The molecule has 3 nitrogen and oxygen atoms in total. The summed E-state index contributed by atoms with van der Waals surface area (Å²) in [6, 6.07) is 8.09. The van der Waals surface area contributed by atoms with E-state index in [1.165, 1.54) is 23.0 Å². The fraction of sp³-hybridized carbons (Fsp3) is 0.0667. The van der Waals surface area contributed by atoms with Gasteiger partial charge < -0.3 is 0 Å². The van der Waals surface area contributed by atoms with Gasteiger partial charge in [-0.2, -0.15) is 0 Å². The second-order valence-corrected chi connectivity index (χ2v) is 4.55. The van der Waals surface area contributed by atoms with Crippen molar-refractivity contribution in [3.63, 3.8) is 0 Å². The molecule has 0 saturated carbocycles. The summed E-state index contributed by atoms with van der Waals surface area (Å²) in [6.45, 7) is 1.71. The van der Waals surface area contributed by atoms with Gasteiger partial charge in [-0.15, -0.1) is 5.10 Å². The maximum atomic E-state index is 13.9. The van der Waals surface area contributed by atoms with E-state index < -0.39 is 17.5 Å². The third kappa shape index (κ3) is 2.29. The fourth-order valence-corrected chi connectivity index (χ4v) is 2.14. The number of aromatic nitrogens is 3. The number of para-hydroxylation sites is 1. The van der Waals surface area contributed by atoms with Gasteiger partial charge in [-0.1, -0.05) is 23.4 Å². The van der Waals surface area contributed by atoms with Gasteiger partial charge in [0, 0.05) is 0 Å². The summed E-state index contributed by atoms with van der Waals surface area (Å²) in [6.07, 6.45) is 1.30. The summed E-state index contributed by atoms with van der Waals surface area (Å²) in [4.78, 5) is 0. The van der Waals surface area contributed by atoms with Crippen LogP contribution in [0.15, 0.2) is 42.6 Å². The van der Waals surface area contributed by atoms with Gasteiger partial charge in [0.25, 0.3) is 0 Å². The molecule has 106 valence electrons. The predicted octanol–water partition coefficient (Wildman–Crippen LogP) is 3.66. The van der Waals surface area contributed by atoms with Crippen LogP contribution in [0, 0.1) is 24.4 Å². The molecule has 6 heteroatoms. The van der Waals surface area contributed by atoms with Crippen LogP contribution < -0.4 is 0 Å². The molecule has 0 atom stereocenters. The predicted molar refractivity (Wildman–Crippen MR) is 71.4 cm³/mol. The third-order valence-corrected chi connectivity index (χ3v) is 3.13. The van der Waals surface area contributed by atoms with Crippen molar-refractivity contribution in [2.24, 2.45) is 0 Å². The van der Waals surface area contributed by atoms with Crippen molar-refractivity contribution in [1.82, 2.24) is 15.0 Å². The zero-order chi connectivity index (χ0) is 15.0. The zero-order valence-corrected chi connectivity index (χ0v) is 11.0. The van der Waals surface area contributed by atoms with Gasteiger partial charge in [-0.05, 0) is 30.7 Å². The van der Waals surface area contributed by atoms with E-state index in [-0.39, 0.29) is 16.9 Å². The van der Waals surface area contributed by atoms with Crippen molar-refractivity contribution in [1.29, 1.82) is 0 Å². The van der Waals surface area contributed by atoms with Crippen LogP contribution in [0.1, 0.15) is 5.56 Å². The maximum Gasteiger partial charge on any atom is 0.149 e. The van der Waals surface area contributed by atoms with Gasteiger partial charge in [-0.3, -0.25) is 0 Å². The Morgan fingerprint density at radius 1 is 0.905 bits per heavy atom. The van der Waals surface area contributed by atoms with E-state index in [9.17, 15) is 13.2 Å². The Morgan fingerprint density at radius 3 is 2.19 bits per heavy atom. The number of rotatable bonds is 2. The number of aryl methyl sites for hydroxylation is 1. The molecule has 0 amide bonds. The highest BCUT2D eigenvalue weighted by Gasteiger charge is 2.16. The molecule has 0 spiro atoms. The molecule has 21 heavy (non-hydrogen) atoms. The first-order valence-electron chi connectivity index (χ1n) is 6.20. The molecule has 0 fully saturated rings. The van der Waals surface area contributed by atoms with Crippen LogP contribution in [0.4, 0.5) is 13.2 Å². The summed E-state index contributed by atoms with van der Waals surface area (Å²) in [5, 5.41) is 7.49. The van der Waals surface area contributed by atoms with Gasteiger partial charge in [0.05, 0.1) is 11.8 Å². The lowest BCUT2D eigenvalue weighted by molar-refractivity contribution is 0.588. The van der Waals surface area contributed by atoms with Crippen molar-refractivity contribution in [3.05, 3.63) is 65.6 Å². The Balaban J connectivity index is 2.13. The summed E-state index contributed by atoms with van der Waals surface area (Å²) < 4.78 is 42.5. The highest BCUT2D eigenvalue weighted by Crippen LogP contribution is 2.25. The summed E-state index contributed by atoms with van der Waals surface area (Å²) in [5.41, 5.74) is 0.569. The van der Waals surface area contributed by atoms with Crippen LogP contribution >= 0.6 is 0 Å². The van der Waals surface area contributed by atoms with E-state index in [4.69, 9.17) is 0 Å². The molecule has 0 unspecified atom stereocenters. The third-order valence-electron chi connectivity index (χ3n) is 3.13. The standard InChI is InChI=1S/C15H10F3N3/c1-9-4-2-7-12(18)15(9)21-8-13(19-20-21)14-10(16)5-3-6-11(14)17/h2-8H,1H3. The smallest absolute Gasteiger partial charge is 0.149 e. The first-order valence-corrected chi connectivity index (χ1v) is 6.20. The van der Waals surface area contributed by atoms with Crippen LogP contribution in [-0.4, -0.2) is 15.0 Å². The zero-order valence-electron chi connectivity index (χ0n) is 11.0. The molecule has 0 aliphatic carbocycles. The molecule has 1 aromatic heterocycles. The Labute approximate surface area is 118 Å². The SMILES string of the molecule is Cc1cccc(F)c1-n1cc(-c2c(F)cccc2F)nn1. The lowest BCUT2D eigenvalue weighted by Gasteiger charge is -2.05. The average molecular weight is 289 g/mol. The number of hydrogen-bond acceptors (Lipinski definition) is 2. The highest BCUT2D eigenvalue weighted by molar-refractivity contribution is 5.60. The normalized spacial score (nSPS) is 10.9. The molecule has 0 aliphatic rings. The van der Waals surface area contributed by atoms with E-state index in [1.807, 2.05) is 0 Å². The number of hydrogen-bond donors (Lipinski definition) is 0. The number of nitrogens with zero attached hydrogens (tertiary/aromatic N) is 3. The van der Waals surface area contributed by atoms with Crippen LogP contribution in [-0.2, 0) is 0 Å². The summed E-state index contributed by atoms with van der Waals surface area (Å²) in [5.74, 6) is -1.97. The quantitative estimate of drug-likeness (QED) is 0.721. The minimum Gasteiger partial charge on any atom is -0.217 e. The Bertz CT molecular complexity index is 705. The second-order valence-electron chi connectivity index (χ2n) is 4.55. The monoisotopic (exact) mass is 289 g/mol. The van der Waals surface area contributed by atoms with Crippen molar-refractivity contribution in [2.45, 2.75) is 6.92 Å². The molecule has 0 aliphatic heterocycles. The second kappa shape index (κ2) is 5.05. The van der Waals surface area contributed by atoms with E-state index in [1.54, 1.807) is 19.1 Å². The molecule has 0 radical (unpaired) electrons. The first-order chi connectivity index (χ1) is 10.1.